The second-order valence-electron chi connectivity index (χ2n) is 3.13. The van der Waals surface area contributed by atoms with E-state index < -0.39 is 20.4 Å². The summed E-state index contributed by atoms with van der Waals surface area (Å²) < 4.78 is 22.7. The van der Waals surface area contributed by atoms with Gasteiger partial charge in [0.15, 0.2) is 9.84 Å². The molecule has 1 aromatic rings. The van der Waals surface area contributed by atoms with Crippen LogP contribution in [0.4, 0.5) is 5.69 Å². The topological polar surface area (TPSA) is 101 Å². The Balaban J connectivity index is 3.59. The minimum Gasteiger partial charge on any atom is -0.258 e. The zero-order valence-electron chi connectivity index (χ0n) is 8.37. The SMILES string of the molecule is CS(=O)(=O)c1cccc(CC#N)c1[N+](=O)[O-]. The van der Waals surface area contributed by atoms with E-state index in [1.807, 2.05) is 0 Å². The molecule has 0 radical (unpaired) electrons. The number of nitro groups is 1. The van der Waals surface area contributed by atoms with Crippen molar-refractivity contribution in [3.05, 3.63) is 33.9 Å². The Labute approximate surface area is 92.2 Å². The van der Waals surface area contributed by atoms with E-state index in [0.717, 1.165) is 12.3 Å². The maximum Gasteiger partial charge on any atom is 0.292 e. The average Bonchev–Trinajstić information content (AvgIpc) is 2.16. The Morgan fingerprint density at radius 1 is 1.50 bits per heavy atom. The maximum atomic E-state index is 11.3. The van der Waals surface area contributed by atoms with E-state index in [2.05, 4.69) is 0 Å². The summed E-state index contributed by atoms with van der Waals surface area (Å²) in [7, 11) is -3.67. The third-order valence-electron chi connectivity index (χ3n) is 1.93. The van der Waals surface area contributed by atoms with Crippen molar-refractivity contribution in [2.45, 2.75) is 11.3 Å². The van der Waals surface area contributed by atoms with Crippen molar-refractivity contribution in [2.75, 3.05) is 6.26 Å². The molecular formula is C9H8N2O4S. The van der Waals surface area contributed by atoms with E-state index >= 15 is 0 Å². The first-order valence-electron chi connectivity index (χ1n) is 4.21. The second kappa shape index (κ2) is 4.28. The van der Waals surface area contributed by atoms with Crippen molar-refractivity contribution in [3.8, 4) is 6.07 Å². The Morgan fingerprint density at radius 3 is 2.56 bits per heavy atom. The molecule has 7 heteroatoms. The summed E-state index contributed by atoms with van der Waals surface area (Å²) in [5.74, 6) is 0. The van der Waals surface area contributed by atoms with Crippen LogP contribution >= 0.6 is 0 Å². The van der Waals surface area contributed by atoms with Gasteiger partial charge in [-0.1, -0.05) is 12.1 Å². The standard InChI is InChI=1S/C9H8N2O4S/c1-16(14,15)8-4-2-3-7(5-6-10)9(8)11(12)13/h2-4H,5H2,1H3. The lowest BCUT2D eigenvalue weighted by Gasteiger charge is -2.03. The van der Waals surface area contributed by atoms with Crippen molar-refractivity contribution in [1.82, 2.24) is 0 Å². The molecule has 0 unspecified atom stereocenters. The zero-order valence-corrected chi connectivity index (χ0v) is 9.19. The number of sulfone groups is 1. The van der Waals surface area contributed by atoms with Gasteiger partial charge in [-0.05, 0) is 6.07 Å². The highest BCUT2D eigenvalue weighted by molar-refractivity contribution is 7.90. The van der Waals surface area contributed by atoms with Gasteiger partial charge in [-0.2, -0.15) is 5.26 Å². The van der Waals surface area contributed by atoms with E-state index in [1.165, 1.54) is 12.1 Å². The molecule has 0 aliphatic rings. The largest absolute Gasteiger partial charge is 0.292 e. The molecule has 0 fully saturated rings. The third kappa shape index (κ3) is 2.35. The minimum absolute atomic E-state index is 0.107. The third-order valence-corrected chi connectivity index (χ3v) is 3.06. The predicted octanol–water partition coefficient (Wildman–Crippen LogP) is 1.06. The van der Waals surface area contributed by atoms with Crippen LogP contribution in [0.2, 0.25) is 0 Å². The highest BCUT2D eigenvalue weighted by atomic mass is 32.2. The van der Waals surface area contributed by atoms with Crippen molar-refractivity contribution in [3.63, 3.8) is 0 Å². The number of nitro benzene ring substituents is 1. The molecule has 0 atom stereocenters. The van der Waals surface area contributed by atoms with Crippen molar-refractivity contribution >= 4 is 15.5 Å². The van der Waals surface area contributed by atoms with Crippen LogP contribution in [0.15, 0.2) is 23.1 Å². The number of benzene rings is 1. The monoisotopic (exact) mass is 240 g/mol. The molecule has 0 heterocycles. The van der Waals surface area contributed by atoms with Gasteiger partial charge in [-0.3, -0.25) is 10.1 Å². The van der Waals surface area contributed by atoms with Crippen molar-refractivity contribution in [1.29, 1.82) is 5.26 Å². The van der Waals surface area contributed by atoms with Crippen LogP contribution in [-0.2, 0) is 16.3 Å². The number of nitrogens with zero attached hydrogens (tertiary/aromatic N) is 2. The van der Waals surface area contributed by atoms with Gasteiger partial charge in [0, 0.05) is 11.8 Å². The molecule has 0 spiro atoms. The van der Waals surface area contributed by atoms with Gasteiger partial charge >= 0.3 is 0 Å². The fourth-order valence-corrected chi connectivity index (χ4v) is 2.18. The molecule has 6 nitrogen and oxygen atoms in total. The molecule has 0 aliphatic carbocycles. The van der Waals surface area contributed by atoms with Gasteiger partial charge in [0.2, 0.25) is 0 Å². The summed E-state index contributed by atoms with van der Waals surface area (Å²) in [6.07, 6.45) is 0.700. The van der Waals surface area contributed by atoms with Crippen LogP contribution in [0.1, 0.15) is 5.56 Å². The highest BCUT2D eigenvalue weighted by Gasteiger charge is 2.25. The molecule has 0 saturated heterocycles. The minimum atomic E-state index is -3.67. The molecule has 0 saturated carbocycles. The summed E-state index contributed by atoms with van der Waals surface area (Å²) in [6, 6.07) is 5.68. The molecule has 1 aromatic carbocycles. The molecule has 0 aliphatic heterocycles. The summed E-state index contributed by atoms with van der Waals surface area (Å²) in [4.78, 5) is 9.66. The predicted molar refractivity (Wildman–Crippen MR) is 55.5 cm³/mol. The Kier molecular flexibility index (Phi) is 3.25. The molecule has 1 rings (SSSR count). The highest BCUT2D eigenvalue weighted by Crippen LogP contribution is 2.27. The summed E-state index contributed by atoms with van der Waals surface area (Å²) in [5, 5.41) is 19.3. The molecule has 16 heavy (non-hydrogen) atoms. The first-order chi connectivity index (χ1) is 7.38. The van der Waals surface area contributed by atoms with Gasteiger partial charge in [-0.15, -0.1) is 0 Å². The number of rotatable bonds is 3. The van der Waals surface area contributed by atoms with Crippen LogP contribution in [0, 0.1) is 21.4 Å². The van der Waals surface area contributed by atoms with Crippen LogP contribution in [0.25, 0.3) is 0 Å². The van der Waals surface area contributed by atoms with Crippen LogP contribution in [0.3, 0.4) is 0 Å². The van der Waals surface area contributed by atoms with Crippen LogP contribution < -0.4 is 0 Å². The lowest BCUT2D eigenvalue weighted by Crippen LogP contribution is -2.05. The van der Waals surface area contributed by atoms with Gasteiger partial charge in [-0.25, -0.2) is 8.42 Å². The normalized spacial score (nSPS) is 10.8. The zero-order chi connectivity index (χ0) is 12.3. The van der Waals surface area contributed by atoms with E-state index in [1.54, 1.807) is 6.07 Å². The molecule has 0 aromatic heterocycles. The van der Waals surface area contributed by atoms with E-state index in [0.29, 0.717) is 0 Å². The Bertz CT molecular complexity index is 572. The van der Waals surface area contributed by atoms with Gasteiger partial charge < -0.3 is 0 Å². The fourth-order valence-electron chi connectivity index (χ4n) is 1.30. The lowest BCUT2D eigenvalue weighted by molar-refractivity contribution is -0.388. The molecule has 0 bridgehead atoms. The molecule has 0 N–H and O–H groups in total. The van der Waals surface area contributed by atoms with Gasteiger partial charge in [0.05, 0.1) is 17.4 Å². The van der Waals surface area contributed by atoms with E-state index in [4.69, 9.17) is 5.26 Å². The summed E-state index contributed by atoms with van der Waals surface area (Å²) in [5.41, 5.74) is -0.401. The lowest BCUT2D eigenvalue weighted by atomic mass is 10.1. The Hall–Kier alpha value is -1.94. The first-order valence-corrected chi connectivity index (χ1v) is 6.10. The van der Waals surface area contributed by atoms with Crippen molar-refractivity contribution in [2.24, 2.45) is 0 Å². The molecule has 0 amide bonds. The Morgan fingerprint density at radius 2 is 2.12 bits per heavy atom. The quantitative estimate of drug-likeness (QED) is 0.580. The van der Waals surface area contributed by atoms with Gasteiger partial charge in [0.25, 0.3) is 5.69 Å². The fraction of sp³-hybridized carbons (Fsp3) is 0.222. The number of hydrogen-bond acceptors (Lipinski definition) is 5. The first kappa shape index (κ1) is 12.1. The summed E-state index contributed by atoms with van der Waals surface area (Å²) >= 11 is 0. The number of hydrogen-bond donors (Lipinski definition) is 0. The smallest absolute Gasteiger partial charge is 0.258 e. The van der Waals surface area contributed by atoms with E-state index in [9.17, 15) is 18.5 Å². The van der Waals surface area contributed by atoms with Crippen LogP contribution in [-0.4, -0.2) is 19.6 Å². The molecular weight excluding hydrogens is 232 g/mol. The molecule has 84 valence electrons. The average molecular weight is 240 g/mol. The van der Waals surface area contributed by atoms with E-state index in [-0.39, 0.29) is 16.9 Å². The second-order valence-corrected chi connectivity index (χ2v) is 5.11. The van der Waals surface area contributed by atoms with Crippen LogP contribution in [0.5, 0.6) is 0 Å². The number of nitriles is 1. The summed E-state index contributed by atoms with van der Waals surface area (Å²) in [6.45, 7) is 0. The number of para-hydroxylation sites is 1. The van der Waals surface area contributed by atoms with Gasteiger partial charge in [0.1, 0.15) is 4.90 Å². The van der Waals surface area contributed by atoms with Crippen molar-refractivity contribution < 1.29 is 13.3 Å². The maximum absolute atomic E-state index is 11.3.